The fourth-order valence-electron chi connectivity index (χ4n) is 3.79. The third-order valence-electron chi connectivity index (χ3n) is 5.96. The molecular formula is C30H26BrCl2N3O5S. The van der Waals surface area contributed by atoms with Crippen molar-refractivity contribution in [3.8, 4) is 11.5 Å². The number of carbonyl (C=O) groups excluding carboxylic acids is 1. The topological polar surface area (TPSA) is 97.3 Å². The molecule has 0 heterocycles. The Kier molecular flexibility index (Phi) is 10.5. The highest BCUT2D eigenvalue weighted by molar-refractivity contribution is 9.10. The van der Waals surface area contributed by atoms with E-state index in [-0.39, 0.29) is 10.6 Å². The van der Waals surface area contributed by atoms with Gasteiger partial charge in [0.1, 0.15) is 13.2 Å². The first-order valence-corrected chi connectivity index (χ1v) is 15.5. The molecule has 0 unspecified atom stereocenters. The molecule has 0 bridgehead atoms. The van der Waals surface area contributed by atoms with Crippen molar-refractivity contribution in [3.05, 3.63) is 116 Å². The van der Waals surface area contributed by atoms with Gasteiger partial charge in [-0.2, -0.15) is 5.10 Å². The number of hydrogen-bond acceptors (Lipinski definition) is 6. The van der Waals surface area contributed by atoms with Crippen molar-refractivity contribution in [1.82, 2.24) is 5.43 Å². The molecule has 4 rings (SSSR count). The summed E-state index contributed by atoms with van der Waals surface area (Å²) < 4.78 is 40.1. The van der Waals surface area contributed by atoms with E-state index in [1.165, 1.54) is 37.6 Å². The molecule has 0 fully saturated rings. The number of sulfonamides is 1. The number of anilines is 1. The molecule has 0 spiro atoms. The number of rotatable bonds is 11. The molecule has 8 nitrogen and oxygen atoms in total. The Morgan fingerprint density at radius 2 is 1.60 bits per heavy atom. The molecule has 0 aliphatic carbocycles. The van der Waals surface area contributed by atoms with E-state index in [1.807, 2.05) is 19.1 Å². The van der Waals surface area contributed by atoms with E-state index in [9.17, 15) is 13.2 Å². The molecule has 0 aromatic heterocycles. The maximum Gasteiger partial charge on any atom is 0.264 e. The minimum atomic E-state index is -4.07. The molecular weight excluding hydrogens is 665 g/mol. The number of hydrogen-bond donors (Lipinski definition) is 1. The average Bonchev–Trinajstić information content (AvgIpc) is 2.96. The lowest BCUT2D eigenvalue weighted by atomic mass is 10.2. The smallest absolute Gasteiger partial charge is 0.264 e. The molecule has 0 aliphatic rings. The molecule has 0 atom stereocenters. The zero-order chi connectivity index (χ0) is 30.3. The van der Waals surface area contributed by atoms with E-state index >= 15 is 0 Å². The Bertz CT molecular complexity index is 1680. The van der Waals surface area contributed by atoms with Gasteiger partial charge >= 0.3 is 0 Å². The number of amides is 1. The van der Waals surface area contributed by atoms with Gasteiger partial charge in [0.15, 0.2) is 11.5 Å². The van der Waals surface area contributed by atoms with Gasteiger partial charge in [0, 0.05) is 10.0 Å². The zero-order valence-corrected chi connectivity index (χ0v) is 26.5. The van der Waals surface area contributed by atoms with Crippen LogP contribution in [0.5, 0.6) is 11.5 Å². The SMILES string of the molecule is COc1cc(/C=N\NC(=O)CN(c2ccc(Cl)cc2)S(=O)(=O)c2ccc(C)cc2)cc(Br)c1OCc1ccc(Cl)cc1. The maximum absolute atomic E-state index is 13.5. The highest BCUT2D eigenvalue weighted by atomic mass is 79.9. The summed E-state index contributed by atoms with van der Waals surface area (Å²) in [6, 6.07) is 23.3. The highest BCUT2D eigenvalue weighted by Gasteiger charge is 2.27. The summed E-state index contributed by atoms with van der Waals surface area (Å²) >= 11 is 15.4. The molecule has 0 aliphatic heterocycles. The summed E-state index contributed by atoms with van der Waals surface area (Å²) in [4.78, 5) is 12.9. The molecule has 1 N–H and O–H groups in total. The number of nitrogens with one attached hydrogen (secondary N) is 1. The van der Waals surface area contributed by atoms with Crippen LogP contribution in [0.25, 0.3) is 0 Å². The molecule has 218 valence electrons. The second-order valence-corrected chi connectivity index (χ2v) is 12.6. The molecule has 0 saturated heterocycles. The minimum Gasteiger partial charge on any atom is -0.493 e. The second-order valence-electron chi connectivity index (χ2n) is 9.04. The summed E-state index contributed by atoms with van der Waals surface area (Å²) in [6.07, 6.45) is 1.41. The van der Waals surface area contributed by atoms with Gasteiger partial charge in [0.25, 0.3) is 15.9 Å². The Hall–Kier alpha value is -3.57. The Labute approximate surface area is 263 Å². The van der Waals surface area contributed by atoms with Gasteiger partial charge in [-0.3, -0.25) is 9.10 Å². The maximum atomic E-state index is 13.5. The Morgan fingerprint density at radius 3 is 2.21 bits per heavy atom. The van der Waals surface area contributed by atoms with E-state index in [4.69, 9.17) is 32.7 Å². The number of hydrazone groups is 1. The first kappa shape index (κ1) is 31.4. The third kappa shape index (κ3) is 8.04. The molecule has 0 radical (unpaired) electrons. The van der Waals surface area contributed by atoms with Crippen LogP contribution in [0, 0.1) is 6.92 Å². The summed E-state index contributed by atoms with van der Waals surface area (Å²) in [5.41, 5.74) is 5.11. The number of carbonyl (C=O) groups is 1. The van der Waals surface area contributed by atoms with Crippen molar-refractivity contribution >= 4 is 67.0 Å². The number of benzene rings is 4. The van der Waals surface area contributed by atoms with E-state index in [2.05, 4.69) is 26.5 Å². The van der Waals surface area contributed by atoms with Crippen LogP contribution in [0.1, 0.15) is 16.7 Å². The number of aryl methyl sites for hydroxylation is 1. The predicted octanol–water partition coefficient (Wildman–Crippen LogP) is 7.00. The van der Waals surface area contributed by atoms with Crippen LogP contribution in [0.15, 0.2) is 99.4 Å². The van der Waals surface area contributed by atoms with Crippen molar-refractivity contribution in [2.75, 3.05) is 18.0 Å². The Morgan fingerprint density at radius 1 is 0.976 bits per heavy atom. The van der Waals surface area contributed by atoms with Gasteiger partial charge < -0.3 is 9.47 Å². The van der Waals surface area contributed by atoms with Gasteiger partial charge in [-0.25, -0.2) is 13.8 Å². The summed E-state index contributed by atoms with van der Waals surface area (Å²) in [7, 11) is -2.56. The van der Waals surface area contributed by atoms with Gasteiger partial charge in [0.2, 0.25) is 0 Å². The molecule has 1 amide bonds. The lowest BCUT2D eigenvalue weighted by Gasteiger charge is -2.23. The molecule has 12 heteroatoms. The number of ether oxygens (including phenoxy) is 2. The summed E-state index contributed by atoms with van der Waals surface area (Å²) in [5, 5.41) is 5.09. The average molecular weight is 691 g/mol. The van der Waals surface area contributed by atoms with Crippen LogP contribution >= 0.6 is 39.1 Å². The third-order valence-corrected chi connectivity index (χ3v) is 8.84. The Balaban J connectivity index is 1.48. The standard InChI is InChI=1S/C30H26BrCl2N3O5S/c1-20-3-13-26(14-4-20)42(38,39)36(25-11-9-24(33)10-12-25)18-29(37)35-34-17-22-15-27(31)30(28(16-22)40-2)41-19-21-5-7-23(32)8-6-21/h3-17H,18-19H2,1-2H3,(H,35,37)/b34-17-. The van der Waals surface area contributed by atoms with Gasteiger partial charge in [-0.15, -0.1) is 0 Å². The quantitative estimate of drug-likeness (QED) is 0.135. The molecule has 0 saturated carbocycles. The highest BCUT2D eigenvalue weighted by Crippen LogP contribution is 2.37. The fraction of sp³-hybridized carbons (Fsp3) is 0.133. The lowest BCUT2D eigenvalue weighted by Crippen LogP contribution is -2.39. The van der Waals surface area contributed by atoms with Gasteiger partial charge in [-0.05, 0) is 94.6 Å². The number of methoxy groups -OCH3 is 1. The number of halogens is 3. The van der Waals surface area contributed by atoms with Crippen LogP contribution in [0.3, 0.4) is 0 Å². The van der Waals surface area contributed by atoms with E-state index < -0.39 is 22.5 Å². The largest absolute Gasteiger partial charge is 0.493 e. The van der Waals surface area contributed by atoms with Crippen molar-refractivity contribution in [2.45, 2.75) is 18.4 Å². The normalized spacial score (nSPS) is 11.4. The predicted molar refractivity (Wildman–Crippen MR) is 169 cm³/mol. The van der Waals surface area contributed by atoms with Crippen LogP contribution in [0.2, 0.25) is 10.0 Å². The van der Waals surface area contributed by atoms with E-state index in [1.54, 1.807) is 48.5 Å². The van der Waals surface area contributed by atoms with E-state index in [0.717, 1.165) is 15.4 Å². The first-order chi connectivity index (χ1) is 20.1. The van der Waals surface area contributed by atoms with E-state index in [0.29, 0.717) is 38.2 Å². The van der Waals surface area contributed by atoms with Crippen molar-refractivity contribution in [1.29, 1.82) is 0 Å². The van der Waals surface area contributed by atoms with Crippen LogP contribution in [-0.4, -0.2) is 34.2 Å². The minimum absolute atomic E-state index is 0.0506. The fourth-order valence-corrected chi connectivity index (χ4v) is 6.04. The summed E-state index contributed by atoms with van der Waals surface area (Å²) in [5.74, 6) is 0.295. The first-order valence-electron chi connectivity index (χ1n) is 12.5. The van der Waals surface area contributed by atoms with Crippen LogP contribution in [-0.2, 0) is 21.4 Å². The van der Waals surface area contributed by atoms with Crippen molar-refractivity contribution in [3.63, 3.8) is 0 Å². The van der Waals surface area contributed by atoms with Crippen LogP contribution in [0.4, 0.5) is 5.69 Å². The van der Waals surface area contributed by atoms with Gasteiger partial charge in [0.05, 0.1) is 28.4 Å². The monoisotopic (exact) mass is 689 g/mol. The molecule has 4 aromatic rings. The molecule has 4 aromatic carbocycles. The second kappa shape index (κ2) is 14.1. The van der Waals surface area contributed by atoms with Crippen LogP contribution < -0.4 is 19.2 Å². The molecule has 42 heavy (non-hydrogen) atoms. The summed E-state index contributed by atoms with van der Waals surface area (Å²) in [6.45, 7) is 1.64. The van der Waals surface area contributed by atoms with Gasteiger partial charge in [-0.1, -0.05) is 53.0 Å². The van der Waals surface area contributed by atoms with Crippen molar-refractivity contribution in [2.24, 2.45) is 5.10 Å². The zero-order valence-electron chi connectivity index (χ0n) is 22.6. The van der Waals surface area contributed by atoms with Crippen molar-refractivity contribution < 1.29 is 22.7 Å². The number of nitrogens with zero attached hydrogens (tertiary/aromatic N) is 2. The lowest BCUT2D eigenvalue weighted by molar-refractivity contribution is -0.119.